The van der Waals surface area contributed by atoms with Crippen molar-refractivity contribution in [1.29, 1.82) is 0 Å². The molecular weight excluding hydrogens is 446 g/mol. The van der Waals surface area contributed by atoms with E-state index in [0.29, 0.717) is 43.5 Å². The monoisotopic (exact) mass is 475 g/mol. The summed E-state index contributed by atoms with van der Waals surface area (Å²) in [6.07, 6.45) is 1.45. The first-order chi connectivity index (χ1) is 17.0. The molecule has 3 heterocycles. The van der Waals surface area contributed by atoms with Gasteiger partial charge >= 0.3 is 0 Å². The molecule has 3 aromatic rings. The SMILES string of the molecule is Cc1ccc(-c2noc(CN3CCN(C(=O)COc4cccc(N5CCCC5=O)c4)CC3)n2)cc1. The predicted molar refractivity (Wildman–Crippen MR) is 130 cm³/mol. The lowest BCUT2D eigenvalue weighted by atomic mass is 10.1. The zero-order chi connectivity index (χ0) is 24.2. The molecule has 5 rings (SSSR count). The first-order valence-electron chi connectivity index (χ1n) is 12.0. The number of rotatable bonds is 7. The Kier molecular flexibility index (Phi) is 6.76. The summed E-state index contributed by atoms with van der Waals surface area (Å²) in [7, 11) is 0. The van der Waals surface area contributed by atoms with Crippen molar-refractivity contribution >= 4 is 17.5 Å². The van der Waals surface area contributed by atoms with Gasteiger partial charge in [0.2, 0.25) is 17.6 Å². The van der Waals surface area contributed by atoms with Gasteiger partial charge in [-0.05, 0) is 25.5 Å². The van der Waals surface area contributed by atoms with E-state index in [1.165, 1.54) is 5.56 Å². The number of hydrogen-bond acceptors (Lipinski definition) is 7. The first-order valence-corrected chi connectivity index (χ1v) is 12.0. The van der Waals surface area contributed by atoms with E-state index in [0.717, 1.165) is 37.3 Å². The number of piperazine rings is 1. The van der Waals surface area contributed by atoms with Gasteiger partial charge in [-0.25, -0.2) is 0 Å². The molecule has 2 amide bonds. The van der Waals surface area contributed by atoms with Crippen molar-refractivity contribution in [3.8, 4) is 17.1 Å². The highest BCUT2D eigenvalue weighted by Gasteiger charge is 2.24. The highest BCUT2D eigenvalue weighted by atomic mass is 16.5. The van der Waals surface area contributed by atoms with Gasteiger partial charge in [-0.1, -0.05) is 41.1 Å². The van der Waals surface area contributed by atoms with Crippen LogP contribution in [0.1, 0.15) is 24.3 Å². The lowest BCUT2D eigenvalue weighted by Crippen LogP contribution is -2.49. The van der Waals surface area contributed by atoms with Crippen molar-refractivity contribution in [3.05, 3.63) is 60.0 Å². The minimum atomic E-state index is -0.0493. The number of nitrogens with zero attached hydrogens (tertiary/aromatic N) is 5. The topological polar surface area (TPSA) is 92.0 Å². The molecular formula is C26H29N5O4. The van der Waals surface area contributed by atoms with Crippen LogP contribution in [0.4, 0.5) is 5.69 Å². The number of benzene rings is 2. The lowest BCUT2D eigenvalue weighted by Gasteiger charge is -2.33. The molecule has 0 unspecified atom stereocenters. The number of aromatic nitrogens is 2. The third-order valence-electron chi connectivity index (χ3n) is 6.43. The van der Waals surface area contributed by atoms with Crippen LogP contribution in [0.2, 0.25) is 0 Å². The van der Waals surface area contributed by atoms with Crippen LogP contribution >= 0.6 is 0 Å². The van der Waals surface area contributed by atoms with Gasteiger partial charge in [0.05, 0.1) is 6.54 Å². The molecule has 0 spiro atoms. The summed E-state index contributed by atoms with van der Waals surface area (Å²) in [6, 6.07) is 15.4. The van der Waals surface area contributed by atoms with Crippen LogP contribution in [0.25, 0.3) is 11.4 Å². The molecule has 9 nitrogen and oxygen atoms in total. The molecule has 0 N–H and O–H groups in total. The fraction of sp³-hybridized carbons (Fsp3) is 0.385. The van der Waals surface area contributed by atoms with E-state index in [2.05, 4.69) is 15.0 Å². The number of ether oxygens (including phenoxy) is 1. The standard InChI is InChI=1S/C26H29N5O4/c1-19-7-9-20(10-8-19)26-27-23(35-28-26)17-29-12-14-30(15-13-29)25(33)18-34-22-5-2-4-21(16-22)31-11-3-6-24(31)32/h2,4-5,7-10,16H,3,6,11-15,17-18H2,1H3. The van der Waals surface area contributed by atoms with Crippen LogP contribution in [0.5, 0.6) is 5.75 Å². The molecule has 182 valence electrons. The number of amides is 2. The molecule has 1 aromatic heterocycles. The number of anilines is 1. The normalized spacial score (nSPS) is 16.7. The van der Waals surface area contributed by atoms with E-state index in [-0.39, 0.29) is 18.4 Å². The summed E-state index contributed by atoms with van der Waals surface area (Å²) >= 11 is 0. The van der Waals surface area contributed by atoms with Crippen molar-refractivity contribution in [1.82, 2.24) is 19.9 Å². The summed E-state index contributed by atoms with van der Waals surface area (Å²) in [5.74, 6) is 1.83. The van der Waals surface area contributed by atoms with Crippen molar-refractivity contribution in [2.24, 2.45) is 0 Å². The summed E-state index contributed by atoms with van der Waals surface area (Å²) in [6.45, 7) is 5.97. The number of hydrogen-bond donors (Lipinski definition) is 0. The van der Waals surface area contributed by atoms with Crippen LogP contribution in [0.15, 0.2) is 53.1 Å². The molecule has 2 aromatic carbocycles. The van der Waals surface area contributed by atoms with E-state index in [4.69, 9.17) is 9.26 Å². The molecule has 0 atom stereocenters. The Morgan fingerprint density at radius 2 is 1.86 bits per heavy atom. The molecule has 2 fully saturated rings. The van der Waals surface area contributed by atoms with Crippen molar-refractivity contribution in [2.75, 3.05) is 44.2 Å². The van der Waals surface area contributed by atoms with Gasteiger partial charge in [-0.2, -0.15) is 4.98 Å². The maximum Gasteiger partial charge on any atom is 0.260 e. The number of aryl methyl sites for hydroxylation is 1. The van der Waals surface area contributed by atoms with E-state index in [9.17, 15) is 9.59 Å². The Balaban J connectivity index is 1.08. The summed E-state index contributed by atoms with van der Waals surface area (Å²) in [5, 5.41) is 4.10. The molecule has 0 radical (unpaired) electrons. The molecule has 2 aliphatic rings. The summed E-state index contributed by atoms with van der Waals surface area (Å²) < 4.78 is 11.2. The second-order valence-electron chi connectivity index (χ2n) is 8.97. The molecule has 0 aliphatic carbocycles. The lowest BCUT2D eigenvalue weighted by molar-refractivity contribution is -0.135. The van der Waals surface area contributed by atoms with Gasteiger partial charge in [-0.3, -0.25) is 14.5 Å². The molecule has 2 saturated heterocycles. The zero-order valence-corrected chi connectivity index (χ0v) is 19.9. The van der Waals surface area contributed by atoms with Gasteiger partial charge in [0.1, 0.15) is 5.75 Å². The van der Waals surface area contributed by atoms with Crippen LogP contribution in [0.3, 0.4) is 0 Å². The van der Waals surface area contributed by atoms with Crippen LogP contribution in [-0.4, -0.2) is 71.1 Å². The van der Waals surface area contributed by atoms with E-state index >= 15 is 0 Å². The summed E-state index contributed by atoms with van der Waals surface area (Å²) in [4.78, 5) is 35.0. The smallest absolute Gasteiger partial charge is 0.260 e. The van der Waals surface area contributed by atoms with Gasteiger partial charge in [0.15, 0.2) is 6.61 Å². The predicted octanol–water partition coefficient (Wildman–Crippen LogP) is 2.90. The maximum atomic E-state index is 12.7. The third kappa shape index (κ3) is 5.51. The van der Waals surface area contributed by atoms with Gasteiger partial charge < -0.3 is 19.1 Å². The second kappa shape index (κ2) is 10.3. The quantitative estimate of drug-likeness (QED) is 0.519. The largest absolute Gasteiger partial charge is 0.484 e. The minimum absolute atomic E-state index is 0.0268. The van der Waals surface area contributed by atoms with E-state index in [1.807, 2.05) is 60.4 Å². The highest BCUT2D eigenvalue weighted by Crippen LogP contribution is 2.25. The Bertz CT molecular complexity index is 1180. The fourth-order valence-electron chi connectivity index (χ4n) is 4.38. The van der Waals surface area contributed by atoms with Gasteiger partial charge in [0.25, 0.3) is 5.91 Å². The average Bonchev–Trinajstić information content (AvgIpc) is 3.53. The number of carbonyl (C=O) groups excluding carboxylic acids is 2. The third-order valence-corrected chi connectivity index (χ3v) is 6.43. The van der Waals surface area contributed by atoms with Crippen LogP contribution in [0, 0.1) is 6.92 Å². The Morgan fingerprint density at radius 3 is 2.60 bits per heavy atom. The van der Waals surface area contributed by atoms with Gasteiger partial charge in [-0.15, -0.1) is 0 Å². The van der Waals surface area contributed by atoms with E-state index in [1.54, 1.807) is 4.90 Å². The second-order valence-corrected chi connectivity index (χ2v) is 8.97. The minimum Gasteiger partial charge on any atom is -0.484 e. The fourth-order valence-corrected chi connectivity index (χ4v) is 4.38. The van der Waals surface area contributed by atoms with Crippen LogP contribution < -0.4 is 9.64 Å². The van der Waals surface area contributed by atoms with Crippen molar-refractivity contribution in [3.63, 3.8) is 0 Å². The average molecular weight is 476 g/mol. The summed E-state index contributed by atoms with van der Waals surface area (Å²) in [5.41, 5.74) is 2.93. The van der Waals surface area contributed by atoms with Gasteiger partial charge in [0, 0.05) is 56.5 Å². The first kappa shape index (κ1) is 23.0. The Hall–Kier alpha value is -3.72. The zero-order valence-electron chi connectivity index (χ0n) is 19.9. The highest BCUT2D eigenvalue weighted by molar-refractivity contribution is 5.95. The van der Waals surface area contributed by atoms with Crippen LogP contribution in [-0.2, 0) is 16.1 Å². The molecule has 0 bridgehead atoms. The number of carbonyl (C=O) groups is 2. The Morgan fingerprint density at radius 1 is 1.06 bits per heavy atom. The maximum absolute atomic E-state index is 12.7. The Labute approximate surface area is 204 Å². The molecule has 35 heavy (non-hydrogen) atoms. The molecule has 9 heteroatoms. The van der Waals surface area contributed by atoms with E-state index < -0.39 is 0 Å². The van der Waals surface area contributed by atoms with Crippen molar-refractivity contribution in [2.45, 2.75) is 26.3 Å². The molecule has 2 aliphatic heterocycles. The van der Waals surface area contributed by atoms with Crippen molar-refractivity contribution < 1.29 is 18.8 Å². The molecule has 0 saturated carbocycles.